The van der Waals surface area contributed by atoms with Gasteiger partial charge in [-0.25, -0.2) is 8.42 Å². The van der Waals surface area contributed by atoms with Gasteiger partial charge in [-0.2, -0.15) is 0 Å². The first kappa shape index (κ1) is 20.1. The van der Waals surface area contributed by atoms with Crippen LogP contribution < -0.4 is 9.62 Å². The molecule has 0 atom stereocenters. The molecule has 0 spiro atoms. The first-order valence-electron chi connectivity index (χ1n) is 8.10. The number of aromatic nitrogens is 1. The van der Waals surface area contributed by atoms with Crippen LogP contribution in [0.15, 0.2) is 78.0 Å². The van der Waals surface area contributed by atoms with Crippen molar-refractivity contribution in [3.8, 4) is 0 Å². The van der Waals surface area contributed by atoms with E-state index in [0.29, 0.717) is 15.7 Å². The van der Waals surface area contributed by atoms with Crippen molar-refractivity contribution in [1.29, 1.82) is 0 Å². The summed E-state index contributed by atoms with van der Waals surface area (Å²) in [4.78, 5) is 16.4. The Labute approximate surface area is 172 Å². The summed E-state index contributed by atoms with van der Waals surface area (Å²) in [5, 5.41) is 3.38. The molecule has 0 aliphatic heterocycles. The van der Waals surface area contributed by atoms with Gasteiger partial charge in [-0.15, -0.1) is 0 Å². The summed E-state index contributed by atoms with van der Waals surface area (Å²) in [6.45, 7) is -0.444. The molecule has 1 amide bonds. The second-order valence-corrected chi connectivity index (χ2v) is 8.47. The van der Waals surface area contributed by atoms with E-state index in [4.69, 9.17) is 23.2 Å². The van der Waals surface area contributed by atoms with E-state index in [1.807, 2.05) is 0 Å². The molecule has 0 bridgehead atoms. The zero-order chi connectivity index (χ0) is 20.1. The first-order valence-corrected chi connectivity index (χ1v) is 10.3. The van der Waals surface area contributed by atoms with Crippen molar-refractivity contribution in [2.45, 2.75) is 4.90 Å². The van der Waals surface area contributed by atoms with E-state index in [-0.39, 0.29) is 10.6 Å². The molecule has 1 N–H and O–H groups in total. The van der Waals surface area contributed by atoms with Gasteiger partial charge in [0, 0.05) is 16.2 Å². The molecule has 3 aromatic rings. The Kier molecular flexibility index (Phi) is 6.18. The van der Waals surface area contributed by atoms with Crippen molar-refractivity contribution in [2.75, 3.05) is 16.2 Å². The first-order chi connectivity index (χ1) is 13.4. The molecule has 0 saturated heterocycles. The Bertz CT molecular complexity index is 1080. The number of rotatable bonds is 6. The molecule has 9 heteroatoms. The minimum absolute atomic E-state index is 0.00560. The van der Waals surface area contributed by atoms with Crippen LogP contribution in [-0.2, 0) is 14.8 Å². The van der Waals surface area contributed by atoms with Crippen molar-refractivity contribution >= 4 is 50.5 Å². The van der Waals surface area contributed by atoms with Gasteiger partial charge in [0.05, 0.1) is 22.5 Å². The van der Waals surface area contributed by atoms with Crippen LogP contribution in [0.2, 0.25) is 10.0 Å². The molecule has 6 nitrogen and oxygen atoms in total. The van der Waals surface area contributed by atoms with Crippen molar-refractivity contribution in [2.24, 2.45) is 0 Å². The smallest absolute Gasteiger partial charge is 0.264 e. The number of carbonyl (C=O) groups excluding carboxylic acids is 1. The lowest BCUT2D eigenvalue weighted by molar-refractivity contribution is -0.114. The molecule has 1 aromatic heterocycles. The molecule has 0 unspecified atom stereocenters. The summed E-state index contributed by atoms with van der Waals surface area (Å²) >= 11 is 11.9. The Morgan fingerprint density at radius 3 is 2.39 bits per heavy atom. The summed E-state index contributed by atoms with van der Waals surface area (Å²) in [6, 6.07) is 15.3. The third kappa shape index (κ3) is 4.81. The number of hydrogen-bond acceptors (Lipinski definition) is 4. The largest absolute Gasteiger partial charge is 0.323 e. The van der Waals surface area contributed by atoms with Crippen LogP contribution in [0, 0.1) is 0 Å². The number of benzene rings is 2. The molecule has 2 aromatic carbocycles. The van der Waals surface area contributed by atoms with E-state index < -0.39 is 22.5 Å². The van der Waals surface area contributed by atoms with Gasteiger partial charge in [-0.1, -0.05) is 29.3 Å². The Morgan fingerprint density at radius 2 is 1.75 bits per heavy atom. The lowest BCUT2D eigenvalue weighted by Gasteiger charge is -2.24. The highest BCUT2D eigenvalue weighted by atomic mass is 35.5. The number of pyridine rings is 1. The van der Waals surface area contributed by atoms with Gasteiger partial charge in [0.25, 0.3) is 10.0 Å². The fourth-order valence-electron chi connectivity index (χ4n) is 2.45. The molecule has 0 radical (unpaired) electrons. The average molecular weight is 436 g/mol. The van der Waals surface area contributed by atoms with Crippen LogP contribution in [-0.4, -0.2) is 25.9 Å². The number of sulfonamides is 1. The molecule has 0 saturated carbocycles. The standard InChI is InChI=1S/C19H15Cl2N3O3S/c20-14-6-8-18(9-7-14)28(26,27)24(17-5-1-3-15(21)11-17)13-19(25)23-16-4-2-10-22-12-16/h1-12H,13H2,(H,23,25). The number of hydrogen-bond donors (Lipinski definition) is 1. The van der Waals surface area contributed by atoms with Crippen LogP contribution in [0.5, 0.6) is 0 Å². The highest BCUT2D eigenvalue weighted by Gasteiger charge is 2.27. The predicted molar refractivity (Wildman–Crippen MR) is 110 cm³/mol. The molecule has 3 rings (SSSR count). The molecule has 1 heterocycles. The molecule has 0 aliphatic rings. The average Bonchev–Trinajstić information content (AvgIpc) is 2.67. The van der Waals surface area contributed by atoms with Gasteiger partial charge >= 0.3 is 0 Å². The van der Waals surface area contributed by atoms with E-state index >= 15 is 0 Å². The maximum absolute atomic E-state index is 13.2. The Morgan fingerprint density at radius 1 is 1.00 bits per heavy atom. The topological polar surface area (TPSA) is 79.4 Å². The minimum Gasteiger partial charge on any atom is -0.323 e. The van der Waals surface area contributed by atoms with Gasteiger partial charge in [-0.05, 0) is 54.6 Å². The SMILES string of the molecule is O=C(CN(c1cccc(Cl)c1)S(=O)(=O)c1ccc(Cl)cc1)Nc1cccnc1. The Balaban J connectivity index is 1.95. The third-order valence-electron chi connectivity index (χ3n) is 3.73. The van der Waals surface area contributed by atoms with Crippen molar-refractivity contribution < 1.29 is 13.2 Å². The number of anilines is 2. The fraction of sp³-hybridized carbons (Fsp3) is 0.0526. The fourth-order valence-corrected chi connectivity index (χ4v) is 4.17. The van der Waals surface area contributed by atoms with E-state index in [1.165, 1.54) is 36.5 Å². The monoisotopic (exact) mass is 435 g/mol. The number of halogens is 2. The maximum Gasteiger partial charge on any atom is 0.264 e. The van der Waals surface area contributed by atoms with E-state index in [9.17, 15) is 13.2 Å². The van der Waals surface area contributed by atoms with Crippen LogP contribution in [0.3, 0.4) is 0 Å². The van der Waals surface area contributed by atoms with Gasteiger partial charge in [0.15, 0.2) is 0 Å². The van der Waals surface area contributed by atoms with E-state index in [1.54, 1.807) is 36.5 Å². The zero-order valence-electron chi connectivity index (χ0n) is 14.4. The van der Waals surface area contributed by atoms with Crippen molar-refractivity contribution in [3.63, 3.8) is 0 Å². The third-order valence-corrected chi connectivity index (χ3v) is 6.01. The molecular formula is C19H15Cl2N3O3S. The Hall–Kier alpha value is -2.61. The second kappa shape index (κ2) is 8.60. The zero-order valence-corrected chi connectivity index (χ0v) is 16.7. The van der Waals surface area contributed by atoms with E-state index in [2.05, 4.69) is 10.3 Å². The normalized spacial score (nSPS) is 11.1. The van der Waals surface area contributed by atoms with Gasteiger partial charge in [0.1, 0.15) is 6.54 Å². The number of nitrogens with zero attached hydrogens (tertiary/aromatic N) is 2. The molecular weight excluding hydrogens is 421 g/mol. The lowest BCUT2D eigenvalue weighted by Crippen LogP contribution is -2.38. The second-order valence-electron chi connectivity index (χ2n) is 5.74. The van der Waals surface area contributed by atoms with Crippen molar-refractivity contribution in [1.82, 2.24) is 4.98 Å². The highest BCUT2D eigenvalue weighted by Crippen LogP contribution is 2.27. The number of amides is 1. The van der Waals surface area contributed by atoms with Gasteiger partial charge in [-0.3, -0.25) is 14.1 Å². The van der Waals surface area contributed by atoms with E-state index in [0.717, 1.165) is 4.31 Å². The minimum atomic E-state index is -4.04. The van der Waals surface area contributed by atoms with Crippen LogP contribution >= 0.6 is 23.2 Å². The summed E-state index contributed by atoms with van der Waals surface area (Å²) in [7, 11) is -4.04. The summed E-state index contributed by atoms with van der Waals surface area (Å²) in [5.74, 6) is -0.523. The van der Waals surface area contributed by atoms with Crippen LogP contribution in [0.1, 0.15) is 0 Å². The molecule has 144 valence electrons. The quantitative estimate of drug-likeness (QED) is 0.628. The highest BCUT2D eigenvalue weighted by molar-refractivity contribution is 7.92. The predicted octanol–water partition coefficient (Wildman–Crippen LogP) is 4.22. The number of carbonyl (C=O) groups is 1. The molecule has 28 heavy (non-hydrogen) atoms. The maximum atomic E-state index is 13.2. The lowest BCUT2D eigenvalue weighted by atomic mass is 10.3. The summed E-state index contributed by atoms with van der Waals surface area (Å²) in [6.07, 6.45) is 3.04. The summed E-state index contributed by atoms with van der Waals surface area (Å²) < 4.78 is 27.4. The molecule has 0 aliphatic carbocycles. The summed E-state index contributed by atoms with van der Waals surface area (Å²) in [5.41, 5.74) is 0.728. The van der Waals surface area contributed by atoms with Crippen molar-refractivity contribution in [3.05, 3.63) is 83.1 Å². The number of nitrogens with one attached hydrogen (secondary N) is 1. The van der Waals surface area contributed by atoms with Crippen LogP contribution in [0.4, 0.5) is 11.4 Å². The van der Waals surface area contributed by atoms with Gasteiger partial charge < -0.3 is 5.32 Å². The van der Waals surface area contributed by atoms with Gasteiger partial charge in [0.2, 0.25) is 5.91 Å². The van der Waals surface area contributed by atoms with Crippen LogP contribution in [0.25, 0.3) is 0 Å². The molecule has 0 fully saturated rings.